The van der Waals surface area contributed by atoms with Crippen LogP contribution in [0.4, 0.5) is 51.2 Å². The molecule has 0 spiro atoms. The van der Waals surface area contributed by atoms with Crippen LogP contribution in [0.1, 0.15) is 159 Å². The van der Waals surface area contributed by atoms with Crippen molar-refractivity contribution in [3.8, 4) is 11.1 Å². The Morgan fingerprint density at radius 1 is 0.434 bits per heavy atom. The molecule has 382 valence electrons. The molecule has 76 heavy (non-hydrogen) atoms. The summed E-state index contributed by atoms with van der Waals surface area (Å²) in [4.78, 5) is 7.88. The lowest BCUT2D eigenvalue weighted by Gasteiger charge is -2.47. The lowest BCUT2D eigenvalue weighted by atomic mass is 9.33. The third-order valence-corrected chi connectivity index (χ3v) is 19.1. The number of aryl methyl sites for hydroxylation is 2. The van der Waals surface area contributed by atoms with Gasteiger partial charge in [-0.3, -0.25) is 0 Å². The van der Waals surface area contributed by atoms with Gasteiger partial charge in [-0.1, -0.05) is 175 Å². The summed E-state index contributed by atoms with van der Waals surface area (Å²) in [6.07, 6.45) is 3.47. The molecule has 0 amide bonds. The van der Waals surface area contributed by atoms with Crippen LogP contribution in [-0.2, 0) is 32.5 Å². The lowest BCUT2D eigenvalue weighted by molar-refractivity contribution is 0.332. The fourth-order valence-corrected chi connectivity index (χ4v) is 15.3. The zero-order valence-corrected chi connectivity index (χ0v) is 48.0. The van der Waals surface area contributed by atoms with Gasteiger partial charge < -0.3 is 14.7 Å². The number of hydrogen-bond acceptors (Lipinski definition) is 3. The van der Waals surface area contributed by atoms with Crippen molar-refractivity contribution in [2.45, 2.75) is 156 Å². The Labute approximate surface area is 455 Å². The Bertz CT molecular complexity index is 3690. The molecule has 0 saturated carbocycles. The second-order valence-electron chi connectivity index (χ2n) is 27.8. The van der Waals surface area contributed by atoms with Gasteiger partial charge in [0.25, 0.3) is 6.71 Å². The summed E-state index contributed by atoms with van der Waals surface area (Å²) < 4.78 is 0. The van der Waals surface area contributed by atoms with Gasteiger partial charge in [0.1, 0.15) is 0 Å². The van der Waals surface area contributed by atoms with E-state index in [1.54, 1.807) is 0 Å². The third kappa shape index (κ3) is 7.07. The summed E-state index contributed by atoms with van der Waals surface area (Å²) in [6, 6.07) is 59.3. The highest BCUT2D eigenvalue weighted by Crippen LogP contribution is 2.58. The van der Waals surface area contributed by atoms with E-state index in [1.165, 1.54) is 125 Å². The van der Waals surface area contributed by atoms with Crippen molar-refractivity contribution in [1.82, 2.24) is 0 Å². The van der Waals surface area contributed by atoms with E-state index in [2.05, 4.69) is 270 Å². The van der Waals surface area contributed by atoms with E-state index in [0.717, 1.165) is 23.5 Å². The number of anilines is 9. The summed E-state index contributed by atoms with van der Waals surface area (Å²) >= 11 is 0. The van der Waals surface area contributed by atoms with Gasteiger partial charge in [0, 0.05) is 50.9 Å². The molecular weight excluding hydrogens is 918 g/mol. The summed E-state index contributed by atoms with van der Waals surface area (Å²) in [7, 11) is 0. The molecule has 3 aliphatic carbocycles. The van der Waals surface area contributed by atoms with E-state index in [1.807, 2.05) is 0 Å². The van der Waals surface area contributed by atoms with Crippen molar-refractivity contribution in [2.24, 2.45) is 0 Å². The molecule has 4 heteroatoms. The summed E-state index contributed by atoms with van der Waals surface area (Å²) in [6.45, 7) is 36.5. The van der Waals surface area contributed by atoms with Crippen LogP contribution in [0.5, 0.6) is 0 Å². The first kappa shape index (κ1) is 48.8. The quantitative estimate of drug-likeness (QED) is 0.159. The first-order chi connectivity index (χ1) is 35.9. The molecule has 0 aromatic heterocycles. The first-order valence-electron chi connectivity index (χ1n) is 28.3. The second-order valence-corrected chi connectivity index (χ2v) is 27.8. The number of nitrogens with zero attached hydrogens (tertiary/aromatic N) is 3. The lowest BCUT2D eigenvalue weighted by Crippen LogP contribution is -2.61. The van der Waals surface area contributed by atoms with Crippen molar-refractivity contribution in [3.05, 3.63) is 202 Å². The number of fused-ring (bicyclic) bond motifs is 9. The maximum atomic E-state index is 2.74. The maximum absolute atomic E-state index is 2.74. The van der Waals surface area contributed by atoms with Crippen molar-refractivity contribution in [1.29, 1.82) is 0 Å². The van der Waals surface area contributed by atoms with E-state index in [9.17, 15) is 0 Å². The fourth-order valence-electron chi connectivity index (χ4n) is 15.3. The summed E-state index contributed by atoms with van der Waals surface area (Å²) in [5, 5.41) is 0. The zero-order chi connectivity index (χ0) is 53.4. The molecule has 0 atom stereocenters. The molecule has 0 N–H and O–H groups in total. The zero-order valence-electron chi connectivity index (χ0n) is 48.0. The van der Waals surface area contributed by atoms with Gasteiger partial charge in [0.05, 0.1) is 5.69 Å². The van der Waals surface area contributed by atoms with E-state index in [-0.39, 0.29) is 39.2 Å². The topological polar surface area (TPSA) is 9.72 Å². The van der Waals surface area contributed by atoms with E-state index in [4.69, 9.17) is 0 Å². The van der Waals surface area contributed by atoms with Gasteiger partial charge in [0.15, 0.2) is 0 Å². The standard InChI is InChI=1S/C72H76BN3/c1-44-35-63-66-64(36-44)76(60-41-55-53(37-45(60)2)68(6,7)33-34-69(55,8)9)62-42-56-54(70(10,11)43-71(56,12)13)40-58(62)73(66)57-32-30-49(74(47-23-18-16-19-24-47)48-25-20-17-21-26-48)39-61(57)75(63)59-28-22-27-51-50-31-29-46(67(3,4)5)38-52(50)72(14,15)65(51)59/h16-32,35-42H,33-34,43H2,1-15H3. The summed E-state index contributed by atoms with van der Waals surface area (Å²) in [5.41, 5.74) is 30.5. The number of para-hydroxylation sites is 2. The van der Waals surface area contributed by atoms with Crippen molar-refractivity contribution in [3.63, 3.8) is 0 Å². The highest BCUT2D eigenvalue weighted by molar-refractivity contribution is 7.00. The van der Waals surface area contributed by atoms with Crippen LogP contribution in [0.2, 0.25) is 0 Å². The Kier molecular flexibility index (Phi) is 10.4. The van der Waals surface area contributed by atoms with E-state index < -0.39 is 0 Å². The molecule has 0 saturated heterocycles. The number of rotatable bonds is 5. The smallest absolute Gasteiger partial charge is 0.252 e. The highest BCUT2D eigenvalue weighted by atomic mass is 15.2. The minimum Gasteiger partial charge on any atom is -0.311 e. The SMILES string of the molecule is Cc1cc2c3c(c1)N(c1cccc4c1C(C)(C)c1cc(C(C)(C)C)ccc1-4)c1cc(N(c4ccccc4)c4ccccc4)ccc1B3c1cc3c(cc1N2c1cc2c(cc1C)C(C)(C)CCC2(C)C)C(C)(C)CC3(C)C. The van der Waals surface area contributed by atoms with Crippen LogP contribution >= 0.6 is 0 Å². The molecule has 0 bridgehead atoms. The van der Waals surface area contributed by atoms with Crippen LogP contribution in [0.25, 0.3) is 11.1 Å². The minimum absolute atomic E-state index is 0.0176. The van der Waals surface area contributed by atoms with E-state index in [0.29, 0.717) is 0 Å². The van der Waals surface area contributed by atoms with E-state index >= 15 is 0 Å². The molecule has 13 rings (SSSR count). The van der Waals surface area contributed by atoms with Crippen molar-refractivity contribution in [2.75, 3.05) is 14.7 Å². The Morgan fingerprint density at radius 3 is 1.61 bits per heavy atom. The molecular formula is C72H76BN3. The molecule has 5 aliphatic rings. The van der Waals surface area contributed by atoms with Gasteiger partial charge in [-0.15, -0.1) is 0 Å². The van der Waals surface area contributed by atoms with Gasteiger partial charge >= 0.3 is 0 Å². The van der Waals surface area contributed by atoms with Crippen LogP contribution in [0.15, 0.2) is 152 Å². The van der Waals surface area contributed by atoms with Crippen molar-refractivity contribution < 1.29 is 0 Å². The minimum atomic E-state index is -0.278. The van der Waals surface area contributed by atoms with Gasteiger partial charge in [0.2, 0.25) is 0 Å². The summed E-state index contributed by atoms with van der Waals surface area (Å²) in [5.74, 6) is 0. The van der Waals surface area contributed by atoms with Crippen LogP contribution in [-0.4, -0.2) is 6.71 Å². The molecule has 8 aromatic carbocycles. The first-order valence-corrected chi connectivity index (χ1v) is 28.3. The second kappa shape index (κ2) is 16.1. The largest absolute Gasteiger partial charge is 0.311 e. The molecule has 0 unspecified atom stereocenters. The average molecular weight is 994 g/mol. The predicted octanol–water partition coefficient (Wildman–Crippen LogP) is 17.8. The van der Waals surface area contributed by atoms with Crippen LogP contribution in [0, 0.1) is 13.8 Å². The Balaban J connectivity index is 1.14. The number of hydrogen-bond donors (Lipinski definition) is 0. The predicted molar refractivity (Wildman–Crippen MR) is 327 cm³/mol. The molecule has 8 aromatic rings. The number of benzene rings is 8. The average Bonchev–Trinajstić information content (AvgIpc) is 3.76. The fraction of sp³-hybridized carbons (Fsp3) is 0.333. The van der Waals surface area contributed by atoms with Crippen LogP contribution in [0.3, 0.4) is 0 Å². The molecule has 2 heterocycles. The molecule has 0 radical (unpaired) electrons. The Morgan fingerprint density at radius 2 is 0.987 bits per heavy atom. The molecule has 0 fully saturated rings. The normalized spacial score (nSPS) is 18.2. The molecule has 3 nitrogen and oxygen atoms in total. The van der Waals surface area contributed by atoms with Crippen molar-refractivity contribution >= 4 is 74.3 Å². The van der Waals surface area contributed by atoms with Gasteiger partial charge in [-0.2, -0.15) is 0 Å². The van der Waals surface area contributed by atoms with Gasteiger partial charge in [-0.05, 0) is 205 Å². The van der Waals surface area contributed by atoms with Gasteiger partial charge in [-0.25, -0.2) is 0 Å². The highest BCUT2D eigenvalue weighted by Gasteiger charge is 2.50. The van der Waals surface area contributed by atoms with Crippen LogP contribution < -0.4 is 31.1 Å². The third-order valence-electron chi connectivity index (χ3n) is 19.1. The maximum Gasteiger partial charge on any atom is 0.252 e. The monoisotopic (exact) mass is 994 g/mol. The Hall–Kier alpha value is -6.78. The molecule has 2 aliphatic heterocycles.